The number of benzene rings is 2. The molecule has 0 atom stereocenters. The molecule has 0 radical (unpaired) electrons. The molecule has 0 N–H and O–H groups in total. The second-order valence-electron chi connectivity index (χ2n) is 4.68. The zero-order chi connectivity index (χ0) is 17.8. The van der Waals surface area contributed by atoms with Crippen LogP contribution in [0.2, 0.25) is 0 Å². The van der Waals surface area contributed by atoms with Crippen LogP contribution < -0.4 is 14.2 Å². The van der Waals surface area contributed by atoms with Gasteiger partial charge in [-0.15, -0.1) is 0 Å². The number of hydrogen-bond acceptors (Lipinski definition) is 3. The molecule has 130 valence electrons. The van der Waals surface area contributed by atoms with Crippen LogP contribution >= 0.6 is 0 Å². The van der Waals surface area contributed by atoms with E-state index >= 15 is 0 Å². The first kappa shape index (κ1) is 19.6. The van der Waals surface area contributed by atoms with E-state index in [4.69, 9.17) is 14.2 Å². The molecule has 4 rings (SSSR count). The van der Waals surface area contributed by atoms with Gasteiger partial charge in [-0.05, 0) is 29.3 Å². The van der Waals surface area contributed by atoms with Crippen LogP contribution in [0.15, 0.2) is 60.7 Å². The summed E-state index contributed by atoms with van der Waals surface area (Å²) in [5, 5.41) is 0. The molecule has 2 aromatic rings. The maximum absolute atomic E-state index is 5.44. The minimum Gasteiger partial charge on any atom is -0.489 e. The summed E-state index contributed by atoms with van der Waals surface area (Å²) in [7, 11) is 0. The topological polar surface area (TPSA) is 27.7 Å². The highest BCUT2D eigenvalue weighted by molar-refractivity contribution is 5.41. The van der Waals surface area contributed by atoms with Crippen molar-refractivity contribution in [3.05, 3.63) is 66.2 Å². The van der Waals surface area contributed by atoms with Gasteiger partial charge in [0.15, 0.2) is 11.5 Å². The lowest BCUT2D eigenvalue weighted by atomic mass is 10.0. The van der Waals surface area contributed by atoms with E-state index in [1.165, 1.54) is 5.56 Å². The van der Waals surface area contributed by atoms with E-state index in [9.17, 15) is 0 Å². The molecule has 0 aliphatic carbocycles. The molecular formula is C21H28O3. The average Bonchev–Trinajstić information content (AvgIpc) is 3.14. The van der Waals surface area contributed by atoms with Gasteiger partial charge in [0.1, 0.15) is 12.4 Å². The van der Waals surface area contributed by atoms with Gasteiger partial charge >= 0.3 is 0 Å². The van der Waals surface area contributed by atoms with Crippen molar-refractivity contribution < 1.29 is 14.2 Å². The molecule has 24 heavy (non-hydrogen) atoms. The molecule has 0 aromatic heterocycles. The Hall–Kier alpha value is -2.42. The van der Waals surface area contributed by atoms with Crippen LogP contribution in [0.5, 0.6) is 17.2 Å². The maximum Gasteiger partial charge on any atom is 0.231 e. The molecule has 2 aliphatic heterocycles. The molecular weight excluding hydrogens is 300 g/mol. The van der Waals surface area contributed by atoms with Gasteiger partial charge in [0.2, 0.25) is 6.79 Å². The smallest absolute Gasteiger partial charge is 0.231 e. The quantitative estimate of drug-likeness (QED) is 0.585. The molecule has 0 bridgehead atoms. The Labute approximate surface area is 145 Å². The SMILES string of the molecule is C=C1COc2ccccc2C1.CC.CC.c1ccc2c(c1)OCO2. The van der Waals surface area contributed by atoms with Crippen LogP contribution in [0, 0.1) is 0 Å². The van der Waals surface area contributed by atoms with Crippen molar-refractivity contribution in [2.45, 2.75) is 34.1 Å². The van der Waals surface area contributed by atoms with Gasteiger partial charge in [0.05, 0.1) is 0 Å². The lowest BCUT2D eigenvalue weighted by Crippen LogP contribution is -2.10. The summed E-state index contributed by atoms with van der Waals surface area (Å²) in [6.45, 7) is 12.9. The molecule has 2 aromatic carbocycles. The molecule has 0 fully saturated rings. The zero-order valence-corrected chi connectivity index (χ0v) is 15.2. The largest absolute Gasteiger partial charge is 0.489 e. The van der Waals surface area contributed by atoms with E-state index in [1.807, 2.05) is 70.2 Å². The lowest BCUT2D eigenvalue weighted by molar-refractivity contribution is 0.174. The Morgan fingerprint density at radius 3 is 1.79 bits per heavy atom. The Morgan fingerprint density at radius 1 is 0.708 bits per heavy atom. The average molecular weight is 328 g/mol. The number of hydrogen-bond donors (Lipinski definition) is 0. The number of rotatable bonds is 0. The van der Waals surface area contributed by atoms with E-state index in [-0.39, 0.29) is 0 Å². The van der Waals surface area contributed by atoms with Gasteiger partial charge in [-0.25, -0.2) is 0 Å². The second-order valence-corrected chi connectivity index (χ2v) is 4.68. The summed E-state index contributed by atoms with van der Waals surface area (Å²) < 4.78 is 15.6. The third-order valence-electron chi connectivity index (χ3n) is 3.12. The highest BCUT2D eigenvalue weighted by Gasteiger charge is 2.10. The molecule has 0 amide bonds. The predicted octanol–water partition coefficient (Wildman–Crippen LogP) is 5.65. The standard InChI is InChI=1S/C10H10O.C7H6O2.2C2H6/c1-8-6-9-4-2-3-5-10(9)11-7-8;1-2-4-7-6(3-1)8-5-9-7;2*1-2/h2-5H,1,6-7H2;1-4H,5H2;2*1-2H3. The fourth-order valence-corrected chi connectivity index (χ4v) is 2.14. The van der Waals surface area contributed by atoms with Gasteiger partial charge < -0.3 is 14.2 Å². The molecule has 0 saturated carbocycles. The van der Waals surface area contributed by atoms with Crippen molar-refractivity contribution in [1.82, 2.24) is 0 Å². The Balaban J connectivity index is 0.000000202. The Kier molecular flexibility index (Phi) is 9.13. The summed E-state index contributed by atoms with van der Waals surface area (Å²) in [6.07, 6.45) is 0.968. The van der Waals surface area contributed by atoms with E-state index in [2.05, 4.69) is 12.6 Å². The molecule has 3 nitrogen and oxygen atoms in total. The first-order chi connectivity index (χ1) is 11.8. The van der Waals surface area contributed by atoms with Crippen LogP contribution in [0.3, 0.4) is 0 Å². The maximum atomic E-state index is 5.44. The summed E-state index contributed by atoms with van der Waals surface area (Å²) in [5.74, 6) is 2.70. The van der Waals surface area contributed by atoms with Crippen molar-refractivity contribution in [2.75, 3.05) is 13.4 Å². The van der Waals surface area contributed by atoms with Crippen molar-refractivity contribution >= 4 is 0 Å². The van der Waals surface area contributed by atoms with Gasteiger partial charge in [0.25, 0.3) is 0 Å². The van der Waals surface area contributed by atoms with Crippen LogP contribution in [0.25, 0.3) is 0 Å². The minimum atomic E-state index is 0.360. The van der Waals surface area contributed by atoms with Gasteiger partial charge in [-0.3, -0.25) is 0 Å². The Bertz CT molecular complexity index is 597. The molecule has 0 spiro atoms. The van der Waals surface area contributed by atoms with E-state index in [0.29, 0.717) is 13.4 Å². The van der Waals surface area contributed by atoms with Crippen molar-refractivity contribution in [2.24, 2.45) is 0 Å². The fraction of sp³-hybridized carbons (Fsp3) is 0.333. The number of ether oxygens (including phenoxy) is 3. The zero-order valence-electron chi connectivity index (χ0n) is 15.2. The Morgan fingerprint density at radius 2 is 1.21 bits per heavy atom. The summed E-state index contributed by atoms with van der Waals surface area (Å²) in [4.78, 5) is 0. The van der Waals surface area contributed by atoms with Crippen LogP contribution in [-0.2, 0) is 6.42 Å². The van der Waals surface area contributed by atoms with Gasteiger partial charge in [-0.1, -0.05) is 64.6 Å². The summed E-state index contributed by atoms with van der Waals surface area (Å²) in [6, 6.07) is 15.7. The molecule has 3 heteroatoms. The van der Waals surface area contributed by atoms with Gasteiger partial charge in [0, 0.05) is 6.42 Å². The predicted molar refractivity (Wildman–Crippen MR) is 100 cm³/mol. The van der Waals surface area contributed by atoms with E-state index < -0.39 is 0 Å². The second kappa shape index (κ2) is 11.2. The summed E-state index contributed by atoms with van der Waals surface area (Å²) in [5.41, 5.74) is 2.41. The number of para-hydroxylation sites is 3. The third kappa shape index (κ3) is 5.65. The van der Waals surface area contributed by atoms with Crippen molar-refractivity contribution in [3.63, 3.8) is 0 Å². The molecule has 0 saturated heterocycles. The molecule has 2 aliphatic rings. The molecule has 0 unspecified atom stereocenters. The fourth-order valence-electron chi connectivity index (χ4n) is 2.14. The van der Waals surface area contributed by atoms with Crippen LogP contribution in [0.4, 0.5) is 0 Å². The van der Waals surface area contributed by atoms with Crippen molar-refractivity contribution in [1.29, 1.82) is 0 Å². The monoisotopic (exact) mass is 328 g/mol. The first-order valence-electron chi connectivity index (χ1n) is 8.55. The van der Waals surface area contributed by atoms with E-state index in [1.54, 1.807) is 0 Å². The van der Waals surface area contributed by atoms with Crippen LogP contribution in [-0.4, -0.2) is 13.4 Å². The normalized spacial score (nSPS) is 12.8. The van der Waals surface area contributed by atoms with Gasteiger partial charge in [-0.2, -0.15) is 0 Å². The third-order valence-corrected chi connectivity index (χ3v) is 3.12. The summed E-state index contributed by atoms with van der Waals surface area (Å²) >= 11 is 0. The molecule has 2 heterocycles. The van der Waals surface area contributed by atoms with Crippen LogP contribution in [0.1, 0.15) is 33.3 Å². The minimum absolute atomic E-state index is 0.360. The number of fused-ring (bicyclic) bond motifs is 2. The van der Waals surface area contributed by atoms with E-state index in [0.717, 1.165) is 29.2 Å². The lowest BCUT2D eigenvalue weighted by Gasteiger charge is -2.18. The highest BCUT2D eigenvalue weighted by Crippen LogP contribution is 2.30. The van der Waals surface area contributed by atoms with Crippen molar-refractivity contribution in [3.8, 4) is 17.2 Å². The first-order valence-corrected chi connectivity index (χ1v) is 8.55. The highest BCUT2D eigenvalue weighted by atomic mass is 16.7.